The molecule has 0 aromatic heterocycles. The van der Waals surface area contributed by atoms with E-state index in [0.29, 0.717) is 18.7 Å². The molecule has 0 fully saturated rings. The van der Waals surface area contributed by atoms with E-state index in [1.165, 1.54) is 12.1 Å². The molecule has 0 radical (unpaired) electrons. The fourth-order valence-electron chi connectivity index (χ4n) is 1.79. The number of halogens is 1. The van der Waals surface area contributed by atoms with Gasteiger partial charge in [-0.15, -0.1) is 0 Å². The Morgan fingerprint density at radius 3 is 2.84 bits per heavy atom. The Kier molecular flexibility index (Phi) is 6.24. The van der Waals surface area contributed by atoms with Gasteiger partial charge in [0, 0.05) is 25.8 Å². The second-order valence-electron chi connectivity index (χ2n) is 4.15. The van der Waals surface area contributed by atoms with Gasteiger partial charge in [-0.3, -0.25) is 4.90 Å². The Hall–Kier alpha value is -1.66. The van der Waals surface area contributed by atoms with Crippen LogP contribution in [-0.4, -0.2) is 42.7 Å². The van der Waals surface area contributed by atoms with Gasteiger partial charge in [-0.25, -0.2) is 4.39 Å². The number of amidine groups is 1. The minimum absolute atomic E-state index is 0.0858. The van der Waals surface area contributed by atoms with Gasteiger partial charge in [-0.05, 0) is 24.2 Å². The largest absolute Gasteiger partial charge is 0.409 e. The summed E-state index contributed by atoms with van der Waals surface area (Å²) in [4.78, 5) is 2.13. The van der Waals surface area contributed by atoms with Crippen LogP contribution in [-0.2, 0) is 11.3 Å². The van der Waals surface area contributed by atoms with E-state index < -0.39 is 5.82 Å². The van der Waals surface area contributed by atoms with Crippen molar-refractivity contribution >= 4 is 5.84 Å². The van der Waals surface area contributed by atoms with Crippen molar-refractivity contribution in [3.8, 4) is 0 Å². The molecule has 106 valence electrons. The average Bonchev–Trinajstić information content (AvgIpc) is 2.43. The molecule has 0 bridgehead atoms. The first-order valence-corrected chi connectivity index (χ1v) is 6.10. The maximum absolute atomic E-state index is 13.2. The highest BCUT2D eigenvalue weighted by molar-refractivity contribution is 5.98. The van der Waals surface area contributed by atoms with Crippen LogP contribution in [0.3, 0.4) is 0 Å². The maximum Gasteiger partial charge on any atom is 0.170 e. The van der Waals surface area contributed by atoms with E-state index >= 15 is 0 Å². The highest BCUT2D eigenvalue weighted by atomic mass is 19.1. The third-order valence-electron chi connectivity index (χ3n) is 2.91. The van der Waals surface area contributed by atoms with Gasteiger partial charge < -0.3 is 15.7 Å². The first kappa shape index (κ1) is 15.4. The third-order valence-corrected chi connectivity index (χ3v) is 2.91. The number of hydrogen-bond donors (Lipinski definition) is 2. The highest BCUT2D eigenvalue weighted by Crippen LogP contribution is 2.14. The summed E-state index contributed by atoms with van der Waals surface area (Å²) in [6.07, 6.45) is 0. The molecule has 3 N–H and O–H groups in total. The lowest BCUT2D eigenvalue weighted by Crippen LogP contribution is -2.28. The maximum atomic E-state index is 13.2. The average molecular weight is 269 g/mol. The third kappa shape index (κ3) is 4.50. The lowest BCUT2D eigenvalue weighted by molar-refractivity contribution is 0.147. The van der Waals surface area contributed by atoms with E-state index in [0.717, 1.165) is 18.7 Å². The number of methoxy groups -OCH3 is 1. The number of benzene rings is 1. The Labute approximate surface area is 112 Å². The van der Waals surface area contributed by atoms with Crippen LogP contribution in [0, 0.1) is 5.82 Å². The van der Waals surface area contributed by atoms with E-state index in [1.807, 2.05) is 6.92 Å². The molecular formula is C13H20FN3O2. The molecular weight excluding hydrogens is 249 g/mol. The van der Waals surface area contributed by atoms with Crippen molar-refractivity contribution in [1.82, 2.24) is 4.90 Å². The Morgan fingerprint density at radius 2 is 2.26 bits per heavy atom. The fraction of sp³-hybridized carbons (Fsp3) is 0.462. The zero-order chi connectivity index (χ0) is 14.3. The summed E-state index contributed by atoms with van der Waals surface area (Å²) < 4.78 is 18.3. The van der Waals surface area contributed by atoms with Gasteiger partial charge in [0.2, 0.25) is 0 Å². The molecule has 0 heterocycles. The van der Waals surface area contributed by atoms with Gasteiger partial charge in [0.1, 0.15) is 5.82 Å². The van der Waals surface area contributed by atoms with E-state index in [9.17, 15) is 4.39 Å². The number of nitrogens with two attached hydrogens (primary N) is 1. The van der Waals surface area contributed by atoms with Crippen LogP contribution in [0.5, 0.6) is 0 Å². The zero-order valence-electron chi connectivity index (χ0n) is 11.3. The predicted octanol–water partition coefficient (Wildman–Crippen LogP) is 1.39. The lowest BCUT2D eigenvalue weighted by Gasteiger charge is -2.21. The normalized spacial score (nSPS) is 12.1. The van der Waals surface area contributed by atoms with Gasteiger partial charge in [0.25, 0.3) is 0 Å². The Morgan fingerprint density at radius 1 is 1.53 bits per heavy atom. The zero-order valence-corrected chi connectivity index (χ0v) is 11.3. The van der Waals surface area contributed by atoms with Crippen LogP contribution in [0.15, 0.2) is 23.4 Å². The summed E-state index contributed by atoms with van der Waals surface area (Å²) in [5.41, 5.74) is 6.80. The standard InChI is InChI=1S/C13H20FN3O2/c1-3-17(6-7-19-2)9-10-4-5-11(14)8-12(10)13(15)16-18/h4-5,8,18H,3,6-7,9H2,1-2H3,(H2,15,16). The summed E-state index contributed by atoms with van der Waals surface area (Å²) in [7, 11) is 1.65. The molecule has 0 amide bonds. The summed E-state index contributed by atoms with van der Waals surface area (Å²) in [6.45, 7) is 4.83. The van der Waals surface area contributed by atoms with Crippen LogP contribution in [0.25, 0.3) is 0 Å². The molecule has 0 aliphatic rings. The molecule has 19 heavy (non-hydrogen) atoms. The van der Waals surface area contributed by atoms with E-state index in [-0.39, 0.29) is 5.84 Å². The van der Waals surface area contributed by atoms with Gasteiger partial charge >= 0.3 is 0 Å². The smallest absolute Gasteiger partial charge is 0.170 e. The second kappa shape index (κ2) is 7.70. The molecule has 6 heteroatoms. The highest BCUT2D eigenvalue weighted by Gasteiger charge is 2.12. The molecule has 5 nitrogen and oxygen atoms in total. The van der Waals surface area contributed by atoms with Crippen molar-refractivity contribution in [3.05, 3.63) is 35.1 Å². The van der Waals surface area contributed by atoms with Crippen molar-refractivity contribution in [3.63, 3.8) is 0 Å². The van der Waals surface area contributed by atoms with Gasteiger partial charge in [-0.1, -0.05) is 18.1 Å². The first-order valence-electron chi connectivity index (χ1n) is 6.10. The molecule has 0 spiro atoms. The summed E-state index contributed by atoms with van der Waals surface area (Å²) in [5.74, 6) is -0.498. The number of ether oxygens (including phenoxy) is 1. The molecule has 1 aromatic carbocycles. The number of hydrogen-bond acceptors (Lipinski definition) is 4. The molecule has 1 aromatic rings. The van der Waals surface area contributed by atoms with Crippen molar-refractivity contribution in [2.45, 2.75) is 13.5 Å². The van der Waals surface area contributed by atoms with Crippen LogP contribution >= 0.6 is 0 Å². The van der Waals surface area contributed by atoms with Crippen LogP contribution in [0.1, 0.15) is 18.1 Å². The van der Waals surface area contributed by atoms with Crippen LogP contribution in [0.2, 0.25) is 0 Å². The number of rotatable bonds is 7. The quantitative estimate of drug-likeness (QED) is 0.339. The lowest BCUT2D eigenvalue weighted by atomic mass is 10.1. The SMILES string of the molecule is CCN(CCOC)Cc1ccc(F)cc1C(N)=NO. The Balaban J connectivity index is 2.92. The molecule has 0 aliphatic carbocycles. The van der Waals surface area contributed by atoms with Gasteiger partial charge in [-0.2, -0.15) is 0 Å². The second-order valence-corrected chi connectivity index (χ2v) is 4.15. The topological polar surface area (TPSA) is 71.1 Å². The molecule has 1 rings (SSSR count). The molecule has 0 saturated carbocycles. The summed E-state index contributed by atoms with van der Waals surface area (Å²) in [5, 5.41) is 11.7. The number of likely N-dealkylation sites (N-methyl/N-ethyl adjacent to an activating group) is 1. The van der Waals surface area contributed by atoms with Crippen molar-refractivity contribution in [2.75, 3.05) is 26.8 Å². The van der Waals surface area contributed by atoms with E-state index in [1.54, 1.807) is 13.2 Å². The van der Waals surface area contributed by atoms with E-state index in [2.05, 4.69) is 10.1 Å². The number of nitrogens with zero attached hydrogens (tertiary/aromatic N) is 2. The molecule has 0 saturated heterocycles. The number of oxime groups is 1. The molecule has 0 aliphatic heterocycles. The van der Waals surface area contributed by atoms with Crippen molar-refractivity contribution in [2.24, 2.45) is 10.9 Å². The van der Waals surface area contributed by atoms with Crippen LogP contribution < -0.4 is 5.73 Å². The molecule has 0 unspecified atom stereocenters. The first-order chi connectivity index (χ1) is 9.12. The predicted molar refractivity (Wildman–Crippen MR) is 71.7 cm³/mol. The van der Waals surface area contributed by atoms with Crippen molar-refractivity contribution < 1.29 is 14.3 Å². The Bertz CT molecular complexity index is 438. The fourth-order valence-corrected chi connectivity index (χ4v) is 1.79. The van der Waals surface area contributed by atoms with Crippen LogP contribution in [0.4, 0.5) is 4.39 Å². The van der Waals surface area contributed by atoms with E-state index in [4.69, 9.17) is 15.7 Å². The van der Waals surface area contributed by atoms with Crippen molar-refractivity contribution in [1.29, 1.82) is 0 Å². The minimum atomic E-state index is -0.412. The minimum Gasteiger partial charge on any atom is -0.409 e. The van der Waals surface area contributed by atoms with Gasteiger partial charge in [0.15, 0.2) is 5.84 Å². The monoisotopic (exact) mass is 269 g/mol. The summed E-state index contributed by atoms with van der Waals surface area (Å²) >= 11 is 0. The summed E-state index contributed by atoms with van der Waals surface area (Å²) in [6, 6.07) is 4.29. The van der Waals surface area contributed by atoms with Gasteiger partial charge in [0.05, 0.1) is 6.61 Å². The molecule has 0 atom stereocenters.